The molecule has 11 heteroatoms. The van der Waals surface area contributed by atoms with Gasteiger partial charge in [0.05, 0.1) is 24.6 Å². The van der Waals surface area contributed by atoms with Crippen molar-refractivity contribution in [3.8, 4) is 16.9 Å². The number of likely N-dealkylation sites (N-methyl/N-ethyl adjacent to an activating group) is 1. The van der Waals surface area contributed by atoms with Crippen molar-refractivity contribution < 1.29 is 22.7 Å². The van der Waals surface area contributed by atoms with E-state index in [1.54, 1.807) is 14.0 Å². The second-order valence-electron chi connectivity index (χ2n) is 7.71. The highest BCUT2D eigenvalue weighted by molar-refractivity contribution is 6.31. The van der Waals surface area contributed by atoms with Crippen LogP contribution < -0.4 is 25.2 Å². The lowest BCUT2D eigenvalue weighted by Crippen LogP contribution is -2.41. The van der Waals surface area contributed by atoms with Crippen LogP contribution in [-0.2, 0) is 0 Å². The Hall–Kier alpha value is -3.50. The van der Waals surface area contributed by atoms with Crippen molar-refractivity contribution in [2.45, 2.75) is 6.92 Å². The number of amides is 2. The van der Waals surface area contributed by atoms with Crippen molar-refractivity contribution >= 4 is 40.5 Å². The molecule has 0 saturated carbocycles. The molecule has 0 unspecified atom stereocenters. The van der Waals surface area contributed by atoms with Gasteiger partial charge in [-0.05, 0) is 44.3 Å². The van der Waals surface area contributed by atoms with Gasteiger partial charge in [0.2, 0.25) is 0 Å². The smallest absolute Gasteiger partial charge is 0.334 e. The number of pyridine rings is 1. The molecule has 35 heavy (non-hydrogen) atoms. The number of methoxy groups -OCH3 is 1. The predicted molar refractivity (Wildman–Crippen MR) is 131 cm³/mol. The molecule has 2 N–H and O–H groups in total. The van der Waals surface area contributed by atoms with Crippen LogP contribution in [0.2, 0.25) is 5.02 Å². The van der Waals surface area contributed by atoms with Crippen LogP contribution in [0.3, 0.4) is 0 Å². The van der Waals surface area contributed by atoms with Gasteiger partial charge in [-0.3, -0.25) is 9.80 Å². The first-order valence-corrected chi connectivity index (χ1v) is 11.2. The molecule has 7 nitrogen and oxygen atoms in total. The molecule has 0 radical (unpaired) electrons. The molecule has 1 aromatic heterocycles. The Balaban J connectivity index is 2.00. The minimum Gasteiger partial charge on any atom is -0.496 e. The number of halogens is 4. The lowest BCUT2D eigenvalue weighted by molar-refractivity contribution is 0.253. The van der Waals surface area contributed by atoms with Crippen molar-refractivity contribution in [2.24, 2.45) is 0 Å². The number of hydrogen-bond donors (Lipinski definition) is 2. The summed E-state index contributed by atoms with van der Waals surface area (Å²) in [5, 5.41) is 6.00. The summed E-state index contributed by atoms with van der Waals surface area (Å²) in [4.78, 5) is 20.0. The second kappa shape index (κ2) is 10.0. The number of benzene rings is 2. The number of aromatic nitrogens is 1. The summed E-state index contributed by atoms with van der Waals surface area (Å²) in [6, 6.07) is 5.47. The molecule has 1 aliphatic heterocycles. The maximum Gasteiger partial charge on any atom is 0.334 e. The van der Waals surface area contributed by atoms with Gasteiger partial charge in [0.15, 0.2) is 11.6 Å². The summed E-state index contributed by atoms with van der Waals surface area (Å²) in [5.41, 5.74) is 0.0734. The van der Waals surface area contributed by atoms with Crippen LogP contribution in [0.25, 0.3) is 11.1 Å². The van der Waals surface area contributed by atoms with Gasteiger partial charge >= 0.3 is 6.03 Å². The zero-order valence-corrected chi connectivity index (χ0v) is 20.0. The number of fused-ring (bicyclic) bond motifs is 3. The summed E-state index contributed by atoms with van der Waals surface area (Å²) in [7, 11) is 3.13. The molecule has 4 rings (SSSR count). The number of nitrogens with one attached hydrogen (secondary N) is 2. The molecule has 2 amide bonds. The van der Waals surface area contributed by atoms with Crippen molar-refractivity contribution in [3.05, 3.63) is 59.0 Å². The van der Waals surface area contributed by atoms with Gasteiger partial charge in [-0.1, -0.05) is 11.6 Å². The lowest BCUT2D eigenvalue weighted by atomic mass is 10.0. The third-order valence-electron chi connectivity index (χ3n) is 5.55. The Morgan fingerprint density at radius 2 is 1.80 bits per heavy atom. The van der Waals surface area contributed by atoms with Crippen LogP contribution in [-0.4, -0.2) is 44.8 Å². The number of carbonyl (C=O) groups excluding carboxylic acids is 1. The molecule has 0 saturated heterocycles. The Bertz CT molecular complexity index is 1270. The largest absolute Gasteiger partial charge is 0.496 e. The minimum atomic E-state index is -0.976. The fourth-order valence-corrected chi connectivity index (χ4v) is 4.24. The van der Waals surface area contributed by atoms with Gasteiger partial charge in [-0.15, -0.1) is 0 Å². The van der Waals surface area contributed by atoms with E-state index in [0.717, 1.165) is 23.2 Å². The maximum atomic E-state index is 15.5. The van der Waals surface area contributed by atoms with Gasteiger partial charge in [0.25, 0.3) is 0 Å². The quantitative estimate of drug-likeness (QED) is 0.412. The molecule has 0 spiro atoms. The first-order chi connectivity index (χ1) is 16.8. The molecule has 0 fully saturated rings. The highest BCUT2D eigenvalue weighted by Crippen LogP contribution is 2.50. The number of nitrogens with zero attached hydrogens (tertiary/aromatic N) is 3. The number of ether oxygens (including phenoxy) is 1. The van der Waals surface area contributed by atoms with Gasteiger partial charge in [-0.2, -0.15) is 0 Å². The number of carbonyl (C=O) groups is 1. The third kappa shape index (κ3) is 4.46. The van der Waals surface area contributed by atoms with E-state index in [1.807, 2.05) is 0 Å². The van der Waals surface area contributed by atoms with E-state index in [0.29, 0.717) is 13.1 Å². The van der Waals surface area contributed by atoms with Crippen molar-refractivity contribution in [1.82, 2.24) is 10.3 Å². The van der Waals surface area contributed by atoms with Crippen LogP contribution in [0.5, 0.6) is 5.75 Å². The summed E-state index contributed by atoms with van der Waals surface area (Å²) in [5.74, 6) is -2.30. The van der Waals surface area contributed by atoms with E-state index >= 15 is 8.78 Å². The van der Waals surface area contributed by atoms with Crippen LogP contribution in [0.1, 0.15) is 6.92 Å². The molecule has 1 aliphatic rings. The number of hydrogen-bond acceptors (Lipinski definition) is 5. The van der Waals surface area contributed by atoms with Crippen LogP contribution in [0, 0.1) is 17.5 Å². The molecule has 184 valence electrons. The first-order valence-electron chi connectivity index (χ1n) is 10.8. The topological polar surface area (TPSA) is 69.7 Å². The first kappa shape index (κ1) is 24.6. The summed E-state index contributed by atoms with van der Waals surface area (Å²) in [6.45, 7) is 2.78. The van der Waals surface area contributed by atoms with Crippen molar-refractivity contribution in [1.29, 1.82) is 0 Å². The Morgan fingerprint density at radius 1 is 1.09 bits per heavy atom. The Morgan fingerprint density at radius 3 is 2.43 bits per heavy atom. The van der Waals surface area contributed by atoms with E-state index in [1.165, 1.54) is 30.2 Å². The highest BCUT2D eigenvalue weighted by atomic mass is 35.5. The van der Waals surface area contributed by atoms with Crippen molar-refractivity contribution in [3.63, 3.8) is 0 Å². The number of urea groups is 1. The molecular weight excluding hydrogens is 483 g/mol. The van der Waals surface area contributed by atoms with Gasteiger partial charge in [0.1, 0.15) is 23.1 Å². The molecule has 3 aromatic rings. The molecule has 2 aromatic carbocycles. The average molecular weight is 506 g/mol. The van der Waals surface area contributed by atoms with Crippen molar-refractivity contribution in [2.75, 3.05) is 48.9 Å². The molecule has 0 aliphatic carbocycles. The number of rotatable bonds is 7. The fourth-order valence-electron chi connectivity index (χ4n) is 4.04. The van der Waals surface area contributed by atoms with E-state index in [4.69, 9.17) is 16.3 Å². The van der Waals surface area contributed by atoms with E-state index in [-0.39, 0.29) is 45.6 Å². The minimum absolute atomic E-state index is 0.0256. The molecule has 0 atom stereocenters. The summed E-state index contributed by atoms with van der Waals surface area (Å²) >= 11 is 6.29. The van der Waals surface area contributed by atoms with E-state index in [2.05, 4.69) is 15.6 Å². The van der Waals surface area contributed by atoms with Crippen LogP contribution >= 0.6 is 11.6 Å². The summed E-state index contributed by atoms with van der Waals surface area (Å²) < 4.78 is 50.7. The second-order valence-corrected chi connectivity index (χ2v) is 8.14. The van der Waals surface area contributed by atoms with E-state index < -0.39 is 29.2 Å². The van der Waals surface area contributed by atoms with Crippen LogP contribution in [0.4, 0.5) is 40.8 Å². The number of anilines is 4. The van der Waals surface area contributed by atoms with Gasteiger partial charge in [0, 0.05) is 35.9 Å². The van der Waals surface area contributed by atoms with Crippen LogP contribution in [0.15, 0.2) is 36.5 Å². The monoisotopic (exact) mass is 505 g/mol. The van der Waals surface area contributed by atoms with Gasteiger partial charge in [-0.25, -0.2) is 22.9 Å². The SMILES string of the molecule is CCN1C(=O)N(c2c(F)cc(NCCNC)cc2F)c2cc(Cl)cc(OC)c2-c2cc(F)cnc21. The van der Waals surface area contributed by atoms with Gasteiger partial charge < -0.3 is 15.4 Å². The predicted octanol–water partition coefficient (Wildman–Crippen LogP) is 5.56. The lowest BCUT2D eigenvalue weighted by Gasteiger charge is -2.28. The normalized spacial score (nSPS) is 12.8. The Labute approximate surface area is 205 Å². The summed E-state index contributed by atoms with van der Waals surface area (Å²) in [6.07, 6.45) is 0.972. The Kier molecular flexibility index (Phi) is 7.04. The molecule has 0 bridgehead atoms. The average Bonchev–Trinajstić information content (AvgIpc) is 2.91. The molecule has 2 heterocycles. The zero-order valence-electron chi connectivity index (χ0n) is 19.3. The third-order valence-corrected chi connectivity index (χ3v) is 5.77. The van der Waals surface area contributed by atoms with E-state index in [9.17, 15) is 9.18 Å². The molecular formula is C24H23ClF3N5O2. The standard InChI is InChI=1S/C24H23ClF3N5O2/c1-4-32-23-16(9-14(26)12-31-23)21-19(7-13(25)8-20(21)35-3)33(24(32)34)22-17(27)10-15(11-18(22)28)30-6-5-29-2/h7-12,29-30H,4-6H2,1-3H3. The fraction of sp³-hybridized carbons (Fsp3) is 0.250. The zero-order chi connectivity index (χ0) is 25.3. The highest BCUT2D eigenvalue weighted by Gasteiger charge is 2.38. The maximum absolute atomic E-state index is 15.5.